The number of nitrogens with one attached hydrogen (secondary N) is 1. The number of ether oxygens (including phenoxy) is 2. The first-order valence-electron chi connectivity index (χ1n) is 11.5. The molecule has 1 aliphatic heterocycles. The Morgan fingerprint density at radius 3 is 2.66 bits per heavy atom. The van der Waals surface area contributed by atoms with Gasteiger partial charge in [-0.2, -0.15) is 0 Å². The van der Waals surface area contributed by atoms with Gasteiger partial charge in [-0.15, -0.1) is 0 Å². The van der Waals surface area contributed by atoms with Crippen LogP contribution in [0.5, 0.6) is 5.75 Å². The van der Waals surface area contributed by atoms with Crippen molar-refractivity contribution in [2.45, 2.75) is 6.92 Å². The van der Waals surface area contributed by atoms with Crippen molar-refractivity contribution in [1.82, 2.24) is 9.88 Å². The molecule has 0 aliphatic carbocycles. The van der Waals surface area contributed by atoms with Crippen molar-refractivity contribution in [2.24, 2.45) is 5.73 Å². The maximum atomic E-state index is 12.3. The number of hydrogen-bond acceptors (Lipinski definition) is 7. The summed E-state index contributed by atoms with van der Waals surface area (Å²) in [6, 6.07) is 9.19. The molecule has 0 saturated carbocycles. The number of fused-ring (bicyclic) bond motifs is 1. The van der Waals surface area contributed by atoms with Gasteiger partial charge in [0.1, 0.15) is 5.75 Å². The van der Waals surface area contributed by atoms with Gasteiger partial charge in [0.25, 0.3) is 5.91 Å². The number of nitrogens with two attached hydrogens (primary N) is 1. The first-order chi connectivity index (χ1) is 16.9. The maximum Gasteiger partial charge on any atom is 0.252 e. The molecule has 0 radical (unpaired) electrons. The number of primary amides is 1. The van der Waals surface area contributed by atoms with Gasteiger partial charge >= 0.3 is 0 Å². The molecule has 0 unspecified atom stereocenters. The minimum absolute atomic E-state index is 0.257. The largest absolute Gasteiger partial charge is 0.492 e. The summed E-state index contributed by atoms with van der Waals surface area (Å²) in [6.07, 6.45) is 1.47. The van der Waals surface area contributed by atoms with Gasteiger partial charge in [-0.05, 0) is 25.1 Å². The zero-order chi connectivity index (χ0) is 24.9. The number of benzene rings is 2. The van der Waals surface area contributed by atoms with Crippen LogP contribution in [0.4, 0.5) is 17.1 Å². The van der Waals surface area contributed by atoms with Crippen molar-refractivity contribution >= 4 is 57.1 Å². The van der Waals surface area contributed by atoms with Gasteiger partial charge in [0.05, 0.1) is 51.4 Å². The molecule has 2 heterocycles. The number of carbonyl (C=O) groups excluding carboxylic acids is 1. The fourth-order valence-corrected chi connectivity index (χ4v) is 4.56. The number of piperazine rings is 1. The van der Waals surface area contributed by atoms with Crippen LogP contribution in [0.25, 0.3) is 10.9 Å². The van der Waals surface area contributed by atoms with Crippen molar-refractivity contribution in [3.63, 3.8) is 0 Å². The Morgan fingerprint density at radius 2 is 1.97 bits per heavy atom. The molecule has 4 rings (SSSR count). The van der Waals surface area contributed by atoms with Crippen LogP contribution in [0.15, 0.2) is 36.5 Å². The van der Waals surface area contributed by atoms with E-state index in [2.05, 4.69) is 20.1 Å². The smallest absolute Gasteiger partial charge is 0.252 e. The number of aromatic nitrogens is 1. The summed E-state index contributed by atoms with van der Waals surface area (Å²) in [5, 5.41) is 4.77. The normalized spacial score (nSPS) is 14.3. The third-order valence-corrected chi connectivity index (χ3v) is 6.87. The highest BCUT2D eigenvalue weighted by molar-refractivity contribution is 6.43. The first-order valence-corrected chi connectivity index (χ1v) is 12.2. The lowest BCUT2D eigenvalue weighted by molar-refractivity contribution is 0.100. The van der Waals surface area contributed by atoms with Gasteiger partial charge in [0.15, 0.2) is 0 Å². The number of anilines is 3. The monoisotopic (exact) mass is 517 g/mol. The molecular weight excluding hydrogens is 489 g/mol. The molecule has 1 saturated heterocycles. The number of rotatable bonds is 9. The molecule has 0 atom stereocenters. The highest BCUT2D eigenvalue weighted by atomic mass is 35.5. The second kappa shape index (κ2) is 11.3. The Hall–Kier alpha value is -2.78. The molecule has 3 aromatic rings. The highest BCUT2D eigenvalue weighted by Gasteiger charge is 2.23. The van der Waals surface area contributed by atoms with E-state index in [0.29, 0.717) is 40.2 Å². The summed E-state index contributed by atoms with van der Waals surface area (Å²) in [5.41, 5.74) is 8.67. The maximum absolute atomic E-state index is 12.3. The van der Waals surface area contributed by atoms with E-state index in [4.69, 9.17) is 38.4 Å². The van der Waals surface area contributed by atoms with E-state index in [1.165, 1.54) is 6.20 Å². The Labute approximate surface area is 214 Å². The van der Waals surface area contributed by atoms with Crippen molar-refractivity contribution in [2.75, 3.05) is 63.3 Å². The van der Waals surface area contributed by atoms with Gasteiger partial charge in [-0.25, -0.2) is 0 Å². The number of nitrogens with zero attached hydrogens (tertiary/aromatic N) is 3. The van der Waals surface area contributed by atoms with E-state index in [9.17, 15) is 4.79 Å². The van der Waals surface area contributed by atoms with Crippen LogP contribution in [-0.4, -0.2) is 68.8 Å². The average Bonchev–Trinajstić information content (AvgIpc) is 2.85. The van der Waals surface area contributed by atoms with Crippen LogP contribution in [-0.2, 0) is 4.74 Å². The Bertz CT molecular complexity index is 1220. The molecule has 1 amide bonds. The third kappa shape index (κ3) is 5.56. The van der Waals surface area contributed by atoms with Crippen molar-refractivity contribution in [1.29, 1.82) is 0 Å². The van der Waals surface area contributed by atoms with Crippen molar-refractivity contribution in [3.05, 3.63) is 52.1 Å². The fourth-order valence-electron chi connectivity index (χ4n) is 4.22. The minimum Gasteiger partial charge on any atom is -0.492 e. The summed E-state index contributed by atoms with van der Waals surface area (Å²) in [5.74, 6) is 0.152. The van der Waals surface area contributed by atoms with Gasteiger partial charge in [0, 0.05) is 57.5 Å². The Morgan fingerprint density at radius 1 is 1.20 bits per heavy atom. The number of carbonyl (C=O) groups is 1. The second-order valence-electron chi connectivity index (χ2n) is 8.23. The molecule has 186 valence electrons. The number of methoxy groups -OCH3 is 1. The first kappa shape index (κ1) is 25.3. The van der Waals surface area contributed by atoms with E-state index in [-0.39, 0.29) is 5.56 Å². The van der Waals surface area contributed by atoms with Gasteiger partial charge < -0.3 is 25.4 Å². The predicted molar refractivity (Wildman–Crippen MR) is 142 cm³/mol. The molecule has 2 aromatic carbocycles. The molecule has 1 aromatic heterocycles. The zero-order valence-electron chi connectivity index (χ0n) is 19.8. The van der Waals surface area contributed by atoms with Gasteiger partial charge in [-0.3, -0.25) is 14.7 Å². The quantitative estimate of drug-likeness (QED) is 0.429. The molecule has 1 aliphatic rings. The SMILES string of the molecule is CCOc1cc2ncc(C(N)=O)c(Nc3cccc(Cl)c3Cl)c2cc1N1CCN(CCOC)CC1. The standard InChI is InChI=1S/C25H29Cl2N5O3/c1-3-35-22-14-20-16(13-21(22)32-9-7-31(8-10-32)11-12-34-2)24(17(15-29-20)25(28)33)30-19-6-4-5-18(26)23(19)27/h4-6,13-15H,3,7-12H2,1-2H3,(H2,28,33)(H,29,30). The van der Waals surface area contributed by atoms with E-state index >= 15 is 0 Å². The lowest BCUT2D eigenvalue weighted by Gasteiger charge is -2.36. The van der Waals surface area contributed by atoms with E-state index in [0.717, 1.165) is 49.5 Å². The molecule has 1 fully saturated rings. The zero-order valence-corrected chi connectivity index (χ0v) is 21.3. The molecular formula is C25H29Cl2N5O3. The molecule has 0 bridgehead atoms. The number of hydrogen-bond donors (Lipinski definition) is 2. The molecule has 0 spiro atoms. The molecule has 3 N–H and O–H groups in total. The van der Waals surface area contributed by atoms with Crippen molar-refractivity contribution in [3.8, 4) is 5.75 Å². The Kier molecular flexibility index (Phi) is 8.18. The van der Waals surface area contributed by atoms with E-state index in [1.807, 2.05) is 19.1 Å². The number of halogens is 2. The van der Waals surface area contributed by atoms with Crippen LogP contribution in [0, 0.1) is 0 Å². The van der Waals surface area contributed by atoms with Crippen LogP contribution >= 0.6 is 23.2 Å². The topological polar surface area (TPSA) is 93.0 Å². The third-order valence-electron chi connectivity index (χ3n) is 6.05. The summed E-state index contributed by atoms with van der Waals surface area (Å²) in [6.45, 7) is 7.58. The molecule has 10 heteroatoms. The lowest BCUT2D eigenvalue weighted by atomic mass is 10.1. The van der Waals surface area contributed by atoms with Crippen LogP contribution in [0.3, 0.4) is 0 Å². The summed E-state index contributed by atoms with van der Waals surface area (Å²) < 4.78 is 11.2. The van der Waals surface area contributed by atoms with Crippen LogP contribution in [0.1, 0.15) is 17.3 Å². The average molecular weight is 518 g/mol. The van der Waals surface area contributed by atoms with Gasteiger partial charge in [-0.1, -0.05) is 29.3 Å². The number of amides is 1. The summed E-state index contributed by atoms with van der Waals surface area (Å²) in [7, 11) is 1.72. The fraction of sp³-hybridized carbons (Fsp3) is 0.360. The minimum atomic E-state index is -0.595. The summed E-state index contributed by atoms with van der Waals surface area (Å²) >= 11 is 12.6. The lowest BCUT2D eigenvalue weighted by Crippen LogP contribution is -2.47. The van der Waals surface area contributed by atoms with Gasteiger partial charge in [0.2, 0.25) is 0 Å². The van der Waals surface area contributed by atoms with Crippen LogP contribution < -0.4 is 20.7 Å². The second-order valence-corrected chi connectivity index (χ2v) is 9.01. The predicted octanol–water partition coefficient (Wildman–Crippen LogP) is 4.55. The summed E-state index contributed by atoms with van der Waals surface area (Å²) in [4.78, 5) is 21.5. The van der Waals surface area contributed by atoms with Crippen molar-refractivity contribution < 1.29 is 14.3 Å². The van der Waals surface area contributed by atoms with E-state index in [1.54, 1.807) is 25.3 Å². The van der Waals surface area contributed by atoms with Crippen LogP contribution in [0.2, 0.25) is 10.0 Å². The Balaban J connectivity index is 1.79. The molecule has 35 heavy (non-hydrogen) atoms. The molecule has 8 nitrogen and oxygen atoms in total. The van der Waals surface area contributed by atoms with E-state index < -0.39 is 5.91 Å². The number of pyridine rings is 1. The highest BCUT2D eigenvalue weighted by Crippen LogP contribution is 2.40.